The number of benzene rings is 1. The number of H-pyrrole nitrogens is 1. The van der Waals surface area contributed by atoms with Gasteiger partial charge in [-0.3, -0.25) is 5.10 Å². The second-order valence-electron chi connectivity index (χ2n) is 7.19. The van der Waals surface area contributed by atoms with E-state index in [1.54, 1.807) is 0 Å². The monoisotopic (exact) mass is 357 g/mol. The van der Waals surface area contributed by atoms with Crippen molar-refractivity contribution < 1.29 is 14.2 Å². The van der Waals surface area contributed by atoms with Gasteiger partial charge in [0, 0.05) is 24.2 Å². The summed E-state index contributed by atoms with van der Waals surface area (Å²) in [6.07, 6.45) is 7.46. The Labute approximate surface area is 154 Å². The van der Waals surface area contributed by atoms with E-state index in [1.807, 2.05) is 24.4 Å². The molecule has 2 aliphatic rings. The maximum Gasteiger partial charge on any atom is 0.231 e. The molecule has 2 heterocycles. The van der Waals surface area contributed by atoms with Crippen molar-refractivity contribution in [3.8, 4) is 22.8 Å². The van der Waals surface area contributed by atoms with Crippen molar-refractivity contribution in [2.24, 2.45) is 5.92 Å². The van der Waals surface area contributed by atoms with Crippen LogP contribution in [-0.2, 0) is 11.3 Å². The highest BCUT2D eigenvalue weighted by Gasteiger charge is 2.21. The van der Waals surface area contributed by atoms with Gasteiger partial charge in [0.1, 0.15) is 0 Å². The van der Waals surface area contributed by atoms with Gasteiger partial charge < -0.3 is 19.5 Å². The summed E-state index contributed by atoms with van der Waals surface area (Å²) in [5.41, 5.74) is 3.20. The third kappa shape index (κ3) is 3.86. The largest absolute Gasteiger partial charge is 0.454 e. The molecule has 1 aliphatic heterocycles. The van der Waals surface area contributed by atoms with E-state index in [0.717, 1.165) is 48.0 Å². The third-order valence-electron chi connectivity index (χ3n) is 5.34. The fourth-order valence-corrected chi connectivity index (χ4v) is 3.78. The summed E-state index contributed by atoms with van der Waals surface area (Å²) in [7, 11) is 0. The smallest absolute Gasteiger partial charge is 0.231 e. The lowest BCUT2D eigenvalue weighted by Crippen LogP contribution is -2.29. The number of nitrogens with one attached hydrogen (secondary N) is 2. The highest BCUT2D eigenvalue weighted by atomic mass is 16.7. The van der Waals surface area contributed by atoms with Crippen LogP contribution in [0.4, 0.5) is 0 Å². The molecule has 1 aromatic heterocycles. The minimum absolute atomic E-state index is 0.287. The van der Waals surface area contributed by atoms with Crippen LogP contribution in [0.2, 0.25) is 0 Å². The molecule has 0 saturated heterocycles. The van der Waals surface area contributed by atoms with E-state index in [-0.39, 0.29) is 6.79 Å². The first-order valence-corrected chi connectivity index (χ1v) is 9.56. The minimum Gasteiger partial charge on any atom is -0.454 e. The average molecular weight is 357 g/mol. The molecule has 1 aliphatic carbocycles. The number of fused-ring (bicyclic) bond motifs is 1. The molecule has 4 rings (SSSR count). The molecule has 0 radical (unpaired) electrons. The molecule has 1 aromatic carbocycles. The standard InChI is InChI=1S/C20H27N3O3/c1-14-4-2-3-5-17(14)24-9-8-21-11-16-12-22-23-20(16)15-6-7-18-19(10-15)26-13-25-18/h6-7,10,12,14,17,21H,2-5,8-9,11,13H2,1H3,(H,22,23). The summed E-state index contributed by atoms with van der Waals surface area (Å²) in [6, 6.07) is 5.96. The van der Waals surface area contributed by atoms with Crippen LogP contribution in [0.25, 0.3) is 11.3 Å². The number of rotatable bonds is 7. The van der Waals surface area contributed by atoms with E-state index in [2.05, 4.69) is 22.4 Å². The Bertz CT molecular complexity index is 731. The summed E-state index contributed by atoms with van der Waals surface area (Å²) in [6.45, 7) is 4.95. The number of hydrogen-bond donors (Lipinski definition) is 2. The molecule has 2 N–H and O–H groups in total. The molecule has 1 saturated carbocycles. The zero-order chi connectivity index (χ0) is 17.8. The van der Waals surface area contributed by atoms with Crippen molar-refractivity contribution in [1.82, 2.24) is 15.5 Å². The van der Waals surface area contributed by atoms with E-state index in [1.165, 1.54) is 25.7 Å². The zero-order valence-electron chi connectivity index (χ0n) is 15.3. The van der Waals surface area contributed by atoms with Gasteiger partial charge in [-0.25, -0.2) is 0 Å². The fourth-order valence-electron chi connectivity index (χ4n) is 3.78. The minimum atomic E-state index is 0.287. The summed E-state index contributed by atoms with van der Waals surface area (Å²) in [5, 5.41) is 10.8. The molecular weight excluding hydrogens is 330 g/mol. The van der Waals surface area contributed by atoms with Gasteiger partial charge in [0.15, 0.2) is 11.5 Å². The van der Waals surface area contributed by atoms with Gasteiger partial charge in [0.25, 0.3) is 0 Å². The second-order valence-corrected chi connectivity index (χ2v) is 7.19. The number of aromatic amines is 1. The molecule has 26 heavy (non-hydrogen) atoms. The van der Waals surface area contributed by atoms with Gasteiger partial charge in [-0.05, 0) is 37.0 Å². The van der Waals surface area contributed by atoms with Crippen molar-refractivity contribution in [2.45, 2.75) is 45.3 Å². The van der Waals surface area contributed by atoms with Gasteiger partial charge in [-0.1, -0.05) is 19.8 Å². The third-order valence-corrected chi connectivity index (χ3v) is 5.34. The summed E-state index contributed by atoms with van der Waals surface area (Å²) < 4.78 is 16.9. The van der Waals surface area contributed by atoms with Crippen molar-refractivity contribution in [3.63, 3.8) is 0 Å². The average Bonchev–Trinajstić information content (AvgIpc) is 3.31. The van der Waals surface area contributed by atoms with E-state index in [9.17, 15) is 0 Å². The number of nitrogens with zero attached hydrogens (tertiary/aromatic N) is 1. The molecule has 1 fully saturated rings. The quantitative estimate of drug-likeness (QED) is 0.743. The Morgan fingerprint density at radius 1 is 1.23 bits per heavy atom. The van der Waals surface area contributed by atoms with Crippen LogP contribution in [-0.4, -0.2) is 36.2 Å². The molecule has 2 aromatic rings. The molecular formula is C20H27N3O3. The van der Waals surface area contributed by atoms with Crippen LogP contribution in [0.3, 0.4) is 0 Å². The molecule has 6 heteroatoms. The number of hydrogen-bond acceptors (Lipinski definition) is 5. The highest BCUT2D eigenvalue weighted by molar-refractivity contribution is 5.66. The predicted octanol–water partition coefficient (Wildman–Crippen LogP) is 3.49. The van der Waals surface area contributed by atoms with Crippen LogP contribution in [0.1, 0.15) is 38.2 Å². The van der Waals surface area contributed by atoms with Gasteiger partial charge in [-0.15, -0.1) is 0 Å². The fraction of sp³-hybridized carbons (Fsp3) is 0.550. The Hall–Kier alpha value is -2.05. The predicted molar refractivity (Wildman–Crippen MR) is 99.2 cm³/mol. The van der Waals surface area contributed by atoms with Gasteiger partial charge in [0.2, 0.25) is 6.79 Å². The summed E-state index contributed by atoms with van der Waals surface area (Å²) >= 11 is 0. The Balaban J connectivity index is 1.28. The topological polar surface area (TPSA) is 68.4 Å². The lowest BCUT2D eigenvalue weighted by Gasteiger charge is -2.28. The number of aromatic nitrogens is 2. The summed E-state index contributed by atoms with van der Waals surface area (Å²) in [5.74, 6) is 2.27. The molecule has 2 unspecified atom stereocenters. The molecule has 2 atom stereocenters. The van der Waals surface area contributed by atoms with Gasteiger partial charge >= 0.3 is 0 Å². The number of ether oxygens (including phenoxy) is 3. The van der Waals surface area contributed by atoms with Crippen LogP contribution in [0, 0.1) is 5.92 Å². The van der Waals surface area contributed by atoms with E-state index >= 15 is 0 Å². The van der Waals surface area contributed by atoms with Gasteiger partial charge in [-0.2, -0.15) is 5.10 Å². The molecule has 0 amide bonds. The first-order valence-electron chi connectivity index (χ1n) is 9.56. The van der Waals surface area contributed by atoms with Crippen LogP contribution in [0.5, 0.6) is 11.5 Å². The summed E-state index contributed by atoms with van der Waals surface area (Å²) in [4.78, 5) is 0. The van der Waals surface area contributed by atoms with Crippen molar-refractivity contribution in [3.05, 3.63) is 30.0 Å². The Kier molecular flexibility index (Phi) is 5.41. The normalized spacial score (nSPS) is 21.9. The lowest BCUT2D eigenvalue weighted by molar-refractivity contribution is -0.00322. The Morgan fingerprint density at radius 2 is 2.12 bits per heavy atom. The van der Waals surface area contributed by atoms with Crippen LogP contribution >= 0.6 is 0 Å². The van der Waals surface area contributed by atoms with Crippen molar-refractivity contribution >= 4 is 0 Å². The zero-order valence-corrected chi connectivity index (χ0v) is 15.3. The maximum atomic E-state index is 6.06. The van der Waals surface area contributed by atoms with Crippen molar-refractivity contribution in [1.29, 1.82) is 0 Å². The molecule has 0 spiro atoms. The lowest BCUT2D eigenvalue weighted by atomic mass is 9.88. The van der Waals surface area contributed by atoms with Crippen LogP contribution in [0.15, 0.2) is 24.4 Å². The van der Waals surface area contributed by atoms with Gasteiger partial charge in [0.05, 0.1) is 24.6 Å². The molecule has 140 valence electrons. The van der Waals surface area contributed by atoms with E-state index < -0.39 is 0 Å². The first kappa shape index (κ1) is 17.4. The highest BCUT2D eigenvalue weighted by Crippen LogP contribution is 2.36. The van der Waals surface area contributed by atoms with Crippen molar-refractivity contribution in [2.75, 3.05) is 19.9 Å². The molecule has 0 bridgehead atoms. The Morgan fingerprint density at radius 3 is 3.04 bits per heavy atom. The van der Waals surface area contributed by atoms with Crippen LogP contribution < -0.4 is 14.8 Å². The van der Waals surface area contributed by atoms with E-state index in [0.29, 0.717) is 12.0 Å². The van der Waals surface area contributed by atoms with E-state index in [4.69, 9.17) is 14.2 Å². The maximum absolute atomic E-state index is 6.06. The molecule has 6 nitrogen and oxygen atoms in total. The first-order chi connectivity index (χ1) is 12.8. The second kappa shape index (κ2) is 8.10. The SMILES string of the molecule is CC1CCCCC1OCCNCc1cn[nH]c1-c1ccc2c(c1)OCO2.